The van der Waals surface area contributed by atoms with Crippen molar-refractivity contribution in [2.24, 2.45) is 0 Å². The number of hydrogen-bond donors (Lipinski definition) is 0. The highest BCUT2D eigenvalue weighted by molar-refractivity contribution is 9.10. The number of alkyl halides is 3. The number of aryl methyl sites for hydroxylation is 1. The largest absolute Gasteiger partial charge is 0.574 e. The zero-order valence-electron chi connectivity index (χ0n) is 7.85. The van der Waals surface area contributed by atoms with E-state index in [4.69, 9.17) is 4.74 Å². The summed E-state index contributed by atoms with van der Waals surface area (Å²) in [5.41, 5.74) is 0.264. The van der Waals surface area contributed by atoms with Gasteiger partial charge in [0.1, 0.15) is 0 Å². The predicted molar refractivity (Wildman–Crippen MR) is 49.9 cm³/mol. The van der Waals surface area contributed by atoms with Crippen molar-refractivity contribution in [2.75, 3.05) is 7.11 Å². The summed E-state index contributed by atoms with van der Waals surface area (Å²) in [5.74, 6) is -0.470. The van der Waals surface area contributed by atoms with E-state index in [1.165, 1.54) is 20.1 Å². The number of pyridine rings is 1. The van der Waals surface area contributed by atoms with Crippen molar-refractivity contribution >= 4 is 15.9 Å². The van der Waals surface area contributed by atoms with Crippen molar-refractivity contribution in [1.29, 1.82) is 0 Å². The Labute approximate surface area is 92.3 Å². The third-order valence-corrected chi connectivity index (χ3v) is 2.06. The Balaban J connectivity index is 3.08. The lowest BCUT2D eigenvalue weighted by Gasteiger charge is -2.11. The molecular weight excluding hydrogens is 279 g/mol. The Morgan fingerprint density at radius 3 is 2.40 bits per heavy atom. The molecule has 0 saturated carbocycles. The molecule has 1 heterocycles. The van der Waals surface area contributed by atoms with Gasteiger partial charge in [-0.05, 0) is 28.9 Å². The number of methoxy groups -OCH3 is 1. The molecule has 1 rings (SSSR count). The molecular formula is C8H7BrF3NO2. The first-order chi connectivity index (χ1) is 6.83. The van der Waals surface area contributed by atoms with Gasteiger partial charge in [0.2, 0.25) is 11.8 Å². The maximum Gasteiger partial charge on any atom is 0.574 e. The van der Waals surface area contributed by atoms with Gasteiger partial charge in [0.05, 0.1) is 11.6 Å². The smallest absolute Gasteiger partial charge is 0.480 e. The number of nitrogens with zero attached hydrogens (tertiary/aromatic N) is 1. The molecule has 1 aromatic heterocycles. The van der Waals surface area contributed by atoms with E-state index in [9.17, 15) is 13.2 Å². The zero-order chi connectivity index (χ0) is 11.6. The van der Waals surface area contributed by atoms with E-state index >= 15 is 0 Å². The second kappa shape index (κ2) is 4.26. The average molecular weight is 286 g/mol. The second-order valence-corrected chi connectivity index (χ2v) is 3.50. The molecule has 0 aliphatic rings. The van der Waals surface area contributed by atoms with Crippen LogP contribution in [-0.4, -0.2) is 18.5 Å². The van der Waals surface area contributed by atoms with Crippen molar-refractivity contribution in [3.63, 3.8) is 0 Å². The summed E-state index contributed by atoms with van der Waals surface area (Å²) < 4.78 is 44.8. The maximum absolute atomic E-state index is 11.9. The first-order valence-corrected chi connectivity index (χ1v) is 4.59. The van der Waals surface area contributed by atoms with E-state index in [1.54, 1.807) is 0 Å². The Kier molecular flexibility index (Phi) is 3.43. The van der Waals surface area contributed by atoms with Crippen LogP contribution in [0.25, 0.3) is 0 Å². The van der Waals surface area contributed by atoms with E-state index < -0.39 is 12.2 Å². The minimum Gasteiger partial charge on any atom is -0.480 e. The van der Waals surface area contributed by atoms with Gasteiger partial charge < -0.3 is 9.47 Å². The molecule has 3 nitrogen and oxygen atoms in total. The first-order valence-electron chi connectivity index (χ1n) is 3.80. The molecule has 0 aliphatic carbocycles. The summed E-state index contributed by atoms with van der Waals surface area (Å²) in [6.45, 7) is 1.46. The van der Waals surface area contributed by atoms with Gasteiger partial charge >= 0.3 is 6.36 Å². The quantitative estimate of drug-likeness (QED) is 0.837. The van der Waals surface area contributed by atoms with Crippen molar-refractivity contribution in [2.45, 2.75) is 13.3 Å². The highest BCUT2D eigenvalue weighted by Gasteiger charge is 2.32. The number of aromatic nitrogens is 1. The lowest BCUT2D eigenvalue weighted by Crippen LogP contribution is -2.18. The number of rotatable bonds is 2. The Hall–Kier alpha value is -0.980. The molecule has 0 amide bonds. The zero-order valence-corrected chi connectivity index (χ0v) is 9.44. The summed E-state index contributed by atoms with van der Waals surface area (Å²) in [6, 6.07) is 1.44. The fourth-order valence-electron chi connectivity index (χ4n) is 0.903. The molecule has 0 atom stereocenters. The summed E-state index contributed by atoms with van der Waals surface area (Å²) in [6.07, 6.45) is -4.75. The topological polar surface area (TPSA) is 31.4 Å². The summed E-state index contributed by atoms with van der Waals surface area (Å²) in [5, 5.41) is 0. The van der Waals surface area contributed by atoms with Crippen LogP contribution in [0.3, 0.4) is 0 Å². The van der Waals surface area contributed by atoms with E-state index in [-0.39, 0.29) is 11.4 Å². The van der Waals surface area contributed by atoms with Gasteiger partial charge in [-0.3, -0.25) is 0 Å². The van der Waals surface area contributed by atoms with E-state index in [0.29, 0.717) is 4.47 Å². The molecule has 0 bridgehead atoms. The third kappa shape index (κ3) is 3.26. The van der Waals surface area contributed by atoms with Crippen molar-refractivity contribution in [1.82, 2.24) is 4.98 Å². The van der Waals surface area contributed by atoms with Crippen molar-refractivity contribution in [3.8, 4) is 11.8 Å². The summed E-state index contributed by atoms with van der Waals surface area (Å²) in [4.78, 5) is 3.56. The van der Waals surface area contributed by atoms with E-state index in [1.807, 2.05) is 0 Å². The van der Waals surface area contributed by atoms with Gasteiger partial charge in [-0.2, -0.15) is 4.98 Å². The van der Waals surface area contributed by atoms with Crippen LogP contribution in [0.4, 0.5) is 13.2 Å². The SMILES string of the molecule is COc1nc(OC(F)(F)F)c(C)cc1Br. The molecule has 1 aromatic rings. The van der Waals surface area contributed by atoms with Crippen LogP contribution in [0.5, 0.6) is 11.8 Å². The van der Waals surface area contributed by atoms with Crippen LogP contribution < -0.4 is 9.47 Å². The van der Waals surface area contributed by atoms with Crippen LogP contribution in [0, 0.1) is 6.92 Å². The fourth-order valence-corrected chi connectivity index (χ4v) is 1.50. The van der Waals surface area contributed by atoms with Gasteiger partial charge in [-0.1, -0.05) is 0 Å². The lowest BCUT2D eigenvalue weighted by molar-refractivity contribution is -0.276. The standard InChI is InChI=1S/C8H7BrF3NO2/c1-4-3-5(9)7(14-2)13-6(4)15-8(10,11)12/h3H,1-2H3. The minimum atomic E-state index is -4.75. The Morgan fingerprint density at radius 1 is 1.33 bits per heavy atom. The highest BCUT2D eigenvalue weighted by atomic mass is 79.9. The minimum absolute atomic E-state index is 0.0415. The van der Waals surface area contributed by atoms with Gasteiger partial charge in [0, 0.05) is 5.56 Å². The summed E-state index contributed by atoms with van der Waals surface area (Å²) in [7, 11) is 1.31. The molecule has 0 aromatic carbocycles. The summed E-state index contributed by atoms with van der Waals surface area (Å²) >= 11 is 3.10. The molecule has 0 radical (unpaired) electrons. The van der Waals surface area contributed by atoms with Crippen molar-refractivity contribution < 1.29 is 22.6 Å². The lowest BCUT2D eigenvalue weighted by atomic mass is 10.3. The highest BCUT2D eigenvalue weighted by Crippen LogP contribution is 2.31. The van der Waals surface area contributed by atoms with Gasteiger partial charge in [-0.25, -0.2) is 0 Å². The normalized spacial score (nSPS) is 11.3. The number of halogens is 4. The molecule has 7 heteroatoms. The number of ether oxygens (including phenoxy) is 2. The van der Waals surface area contributed by atoms with Crippen molar-refractivity contribution in [3.05, 3.63) is 16.1 Å². The van der Waals surface area contributed by atoms with Crippen LogP contribution in [0.2, 0.25) is 0 Å². The Morgan fingerprint density at radius 2 is 1.93 bits per heavy atom. The fraction of sp³-hybridized carbons (Fsp3) is 0.375. The first kappa shape index (κ1) is 12.1. The predicted octanol–water partition coefficient (Wildman–Crippen LogP) is 3.06. The molecule has 84 valence electrons. The van der Waals surface area contributed by atoms with Crippen LogP contribution in [0.1, 0.15) is 5.56 Å². The Bertz CT molecular complexity index is 368. The molecule has 0 fully saturated rings. The average Bonchev–Trinajstić information content (AvgIpc) is 2.07. The monoisotopic (exact) mass is 285 g/mol. The maximum atomic E-state index is 11.9. The molecule has 0 aliphatic heterocycles. The molecule has 0 unspecified atom stereocenters. The van der Waals surface area contributed by atoms with Crippen LogP contribution >= 0.6 is 15.9 Å². The van der Waals surface area contributed by atoms with E-state index in [0.717, 1.165) is 0 Å². The van der Waals surface area contributed by atoms with Gasteiger partial charge in [0.25, 0.3) is 0 Å². The van der Waals surface area contributed by atoms with Gasteiger partial charge in [0.15, 0.2) is 0 Å². The van der Waals surface area contributed by atoms with Crippen LogP contribution in [0.15, 0.2) is 10.5 Å². The molecule has 0 N–H and O–H groups in total. The molecule has 0 saturated heterocycles. The third-order valence-electron chi connectivity index (χ3n) is 1.49. The molecule has 0 spiro atoms. The van der Waals surface area contributed by atoms with Crippen LogP contribution in [-0.2, 0) is 0 Å². The van der Waals surface area contributed by atoms with Gasteiger partial charge in [-0.15, -0.1) is 13.2 Å². The molecule has 15 heavy (non-hydrogen) atoms. The van der Waals surface area contributed by atoms with E-state index in [2.05, 4.69) is 25.7 Å². The second-order valence-electron chi connectivity index (χ2n) is 2.65. The number of hydrogen-bond acceptors (Lipinski definition) is 3.